The zero-order chi connectivity index (χ0) is 20.2. The molecule has 6 heteroatoms. The number of nitrogens with zero attached hydrogens (tertiary/aromatic N) is 3. The van der Waals surface area contributed by atoms with Gasteiger partial charge in [0.1, 0.15) is 5.75 Å². The van der Waals surface area contributed by atoms with Crippen molar-refractivity contribution in [1.29, 1.82) is 0 Å². The molecule has 1 fully saturated rings. The maximum atomic E-state index is 13.2. The first-order chi connectivity index (χ1) is 13.1. The molecule has 2 heterocycles. The Kier molecular flexibility index (Phi) is 4.17. The highest BCUT2D eigenvalue weighted by molar-refractivity contribution is 6.13. The average Bonchev–Trinajstić information content (AvgIpc) is 3.40. The Hall–Kier alpha value is -2.89. The van der Waals surface area contributed by atoms with Crippen molar-refractivity contribution in [2.45, 2.75) is 58.9 Å². The van der Waals surface area contributed by atoms with Crippen LogP contribution in [0.5, 0.6) is 5.75 Å². The van der Waals surface area contributed by atoms with Crippen LogP contribution in [-0.2, 0) is 5.54 Å². The predicted octanol–water partition coefficient (Wildman–Crippen LogP) is 4.64. The predicted molar refractivity (Wildman–Crippen MR) is 110 cm³/mol. The highest BCUT2D eigenvalue weighted by atomic mass is 16.3. The third-order valence-electron chi connectivity index (χ3n) is 5.11. The van der Waals surface area contributed by atoms with Gasteiger partial charge < -0.3 is 10.4 Å². The van der Waals surface area contributed by atoms with Crippen molar-refractivity contribution in [3.05, 3.63) is 46.8 Å². The fourth-order valence-corrected chi connectivity index (χ4v) is 3.48. The first-order valence-electron chi connectivity index (χ1n) is 9.67. The minimum absolute atomic E-state index is 0.0498. The molecule has 0 saturated heterocycles. The van der Waals surface area contributed by atoms with Gasteiger partial charge in [0.05, 0.1) is 27.9 Å². The van der Waals surface area contributed by atoms with Crippen molar-refractivity contribution in [3.8, 4) is 5.75 Å². The van der Waals surface area contributed by atoms with Crippen LogP contribution in [0.3, 0.4) is 0 Å². The molecule has 1 amide bonds. The summed E-state index contributed by atoms with van der Waals surface area (Å²) in [5.74, 6) is 0.201. The van der Waals surface area contributed by atoms with Gasteiger partial charge >= 0.3 is 0 Å². The zero-order valence-corrected chi connectivity index (χ0v) is 17.0. The number of aryl methyl sites for hydroxylation is 2. The molecule has 0 bridgehead atoms. The summed E-state index contributed by atoms with van der Waals surface area (Å²) >= 11 is 0. The first-order valence-corrected chi connectivity index (χ1v) is 9.67. The van der Waals surface area contributed by atoms with E-state index in [0.29, 0.717) is 17.2 Å². The summed E-state index contributed by atoms with van der Waals surface area (Å²) in [7, 11) is 0. The van der Waals surface area contributed by atoms with Gasteiger partial charge in [-0.1, -0.05) is 6.07 Å². The van der Waals surface area contributed by atoms with Crippen molar-refractivity contribution in [3.63, 3.8) is 0 Å². The summed E-state index contributed by atoms with van der Waals surface area (Å²) in [6.07, 6.45) is 2.20. The molecule has 1 aliphatic rings. The number of anilines is 1. The summed E-state index contributed by atoms with van der Waals surface area (Å²) in [5.41, 5.74) is 4.14. The van der Waals surface area contributed by atoms with E-state index in [1.165, 1.54) is 0 Å². The summed E-state index contributed by atoms with van der Waals surface area (Å²) in [4.78, 5) is 18.1. The molecule has 0 spiro atoms. The highest BCUT2D eigenvalue weighted by Gasteiger charge is 2.30. The van der Waals surface area contributed by atoms with E-state index < -0.39 is 0 Å². The lowest BCUT2D eigenvalue weighted by Crippen LogP contribution is -2.23. The van der Waals surface area contributed by atoms with Crippen LogP contribution >= 0.6 is 0 Å². The van der Waals surface area contributed by atoms with Gasteiger partial charge in [-0.25, -0.2) is 9.67 Å². The number of fused-ring (bicyclic) bond motifs is 1. The maximum absolute atomic E-state index is 13.2. The molecule has 146 valence electrons. The molecule has 4 rings (SSSR count). The molecule has 3 aromatic rings. The summed E-state index contributed by atoms with van der Waals surface area (Å²) in [6, 6.07) is 7.05. The highest BCUT2D eigenvalue weighted by Crippen LogP contribution is 2.41. The van der Waals surface area contributed by atoms with Gasteiger partial charge in [0, 0.05) is 11.6 Å². The molecule has 0 unspecified atom stereocenters. The van der Waals surface area contributed by atoms with Gasteiger partial charge in [-0.05, 0) is 71.2 Å². The van der Waals surface area contributed by atoms with E-state index in [4.69, 9.17) is 4.98 Å². The molecule has 1 aliphatic carbocycles. The van der Waals surface area contributed by atoms with Gasteiger partial charge in [-0.3, -0.25) is 4.79 Å². The van der Waals surface area contributed by atoms with Crippen LogP contribution in [0.4, 0.5) is 5.69 Å². The number of aromatic nitrogens is 3. The van der Waals surface area contributed by atoms with Crippen molar-refractivity contribution < 1.29 is 9.90 Å². The average molecular weight is 378 g/mol. The molecule has 1 aromatic carbocycles. The van der Waals surface area contributed by atoms with Gasteiger partial charge in [-0.15, -0.1) is 0 Å². The van der Waals surface area contributed by atoms with Crippen LogP contribution in [0.25, 0.3) is 11.0 Å². The van der Waals surface area contributed by atoms with E-state index in [1.54, 1.807) is 18.2 Å². The minimum atomic E-state index is -0.258. The van der Waals surface area contributed by atoms with E-state index in [1.807, 2.05) is 24.6 Å². The van der Waals surface area contributed by atoms with Gasteiger partial charge in [0.2, 0.25) is 0 Å². The lowest BCUT2D eigenvalue weighted by Gasteiger charge is -2.20. The van der Waals surface area contributed by atoms with Gasteiger partial charge in [-0.2, -0.15) is 5.10 Å². The summed E-state index contributed by atoms with van der Waals surface area (Å²) in [5, 5.41) is 18.4. The largest absolute Gasteiger partial charge is 0.506 e. The fraction of sp³-hybridized carbons (Fsp3) is 0.409. The number of phenols is 1. The lowest BCUT2D eigenvalue weighted by atomic mass is 10.1. The molecule has 2 aromatic heterocycles. The van der Waals surface area contributed by atoms with Crippen molar-refractivity contribution in [2.24, 2.45) is 0 Å². The Bertz CT molecular complexity index is 1090. The molecular formula is C22H26N4O2. The SMILES string of the molecule is Cc1ccc(O)c(NC(=O)c2cc(C3CC3)nc3c2c(C)nn3C(C)(C)C)c1. The number of benzene rings is 1. The van der Waals surface area contributed by atoms with Crippen LogP contribution in [0.2, 0.25) is 0 Å². The van der Waals surface area contributed by atoms with Crippen molar-refractivity contribution in [1.82, 2.24) is 14.8 Å². The number of carbonyl (C=O) groups is 1. The number of carbonyl (C=O) groups excluding carboxylic acids is 1. The smallest absolute Gasteiger partial charge is 0.256 e. The van der Waals surface area contributed by atoms with Gasteiger partial charge in [0.15, 0.2) is 5.65 Å². The van der Waals surface area contributed by atoms with E-state index in [9.17, 15) is 9.90 Å². The maximum Gasteiger partial charge on any atom is 0.256 e. The molecule has 28 heavy (non-hydrogen) atoms. The number of aromatic hydroxyl groups is 1. The second kappa shape index (κ2) is 6.33. The summed E-state index contributed by atoms with van der Waals surface area (Å²) < 4.78 is 1.91. The number of rotatable bonds is 3. The first kappa shape index (κ1) is 18.5. The lowest BCUT2D eigenvalue weighted by molar-refractivity contribution is 0.102. The molecular weight excluding hydrogens is 352 g/mol. The Labute approximate surface area is 164 Å². The van der Waals surface area contributed by atoms with Crippen LogP contribution in [0, 0.1) is 13.8 Å². The van der Waals surface area contributed by atoms with E-state index in [-0.39, 0.29) is 17.2 Å². The molecule has 1 saturated carbocycles. The molecule has 0 radical (unpaired) electrons. The van der Waals surface area contributed by atoms with Crippen LogP contribution < -0.4 is 5.32 Å². The quantitative estimate of drug-likeness (QED) is 0.651. The Morgan fingerprint density at radius 1 is 1.21 bits per heavy atom. The second-order valence-corrected chi connectivity index (χ2v) is 8.71. The third-order valence-corrected chi connectivity index (χ3v) is 5.11. The monoisotopic (exact) mass is 378 g/mol. The van der Waals surface area contributed by atoms with Crippen LogP contribution in [0.15, 0.2) is 24.3 Å². The van der Waals surface area contributed by atoms with E-state index in [2.05, 4.69) is 31.2 Å². The standard InChI is InChI=1S/C22H26N4O2/c1-12-6-9-18(27)17(10-12)24-21(28)15-11-16(14-7-8-14)23-20-19(15)13(2)25-26(20)22(3,4)5/h6,9-11,14,27H,7-8H2,1-5H3,(H,24,28). The van der Waals surface area contributed by atoms with Crippen LogP contribution in [-0.4, -0.2) is 25.8 Å². The Balaban J connectivity index is 1.86. The number of hydrogen-bond donors (Lipinski definition) is 2. The minimum Gasteiger partial charge on any atom is -0.506 e. The molecule has 0 atom stereocenters. The number of hydrogen-bond acceptors (Lipinski definition) is 4. The Morgan fingerprint density at radius 2 is 1.93 bits per heavy atom. The molecule has 0 aliphatic heterocycles. The molecule has 6 nitrogen and oxygen atoms in total. The van der Waals surface area contributed by atoms with Crippen molar-refractivity contribution >= 4 is 22.6 Å². The van der Waals surface area contributed by atoms with Crippen LogP contribution in [0.1, 0.15) is 66.8 Å². The number of pyridine rings is 1. The zero-order valence-electron chi connectivity index (χ0n) is 17.0. The number of phenolic OH excluding ortho intramolecular Hbond substituents is 1. The van der Waals surface area contributed by atoms with E-state index in [0.717, 1.165) is 40.8 Å². The topological polar surface area (TPSA) is 80.0 Å². The number of nitrogens with one attached hydrogen (secondary N) is 1. The second-order valence-electron chi connectivity index (χ2n) is 8.71. The number of amides is 1. The summed E-state index contributed by atoms with van der Waals surface area (Å²) in [6.45, 7) is 10.1. The normalized spacial score (nSPS) is 14.5. The third kappa shape index (κ3) is 3.23. The van der Waals surface area contributed by atoms with Gasteiger partial charge in [0.25, 0.3) is 5.91 Å². The Morgan fingerprint density at radius 3 is 2.57 bits per heavy atom. The molecule has 2 N–H and O–H groups in total. The fourth-order valence-electron chi connectivity index (χ4n) is 3.48. The van der Waals surface area contributed by atoms with Crippen molar-refractivity contribution in [2.75, 3.05) is 5.32 Å². The van der Waals surface area contributed by atoms with E-state index >= 15 is 0 Å².